The Kier molecular flexibility index (Phi) is 6.46. The van der Waals surface area contributed by atoms with E-state index in [0.717, 1.165) is 18.2 Å². The third-order valence-electron chi connectivity index (χ3n) is 1.95. The second-order valence-corrected chi connectivity index (χ2v) is 4.73. The fraction of sp³-hybridized carbons (Fsp3) is 0.455. The maximum atomic E-state index is 5.97. The summed E-state index contributed by atoms with van der Waals surface area (Å²) >= 11 is 15.2. The largest absolute Gasteiger partial charge is 0.492 e. The summed E-state index contributed by atoms with van der Waals surface area (Å²) in [7, 11) is 0. The van der Waals surface area contributed by atoms with Gasteiger partial charge in [-0.1, -0.05) is 45.2 Å². The molecule has 1 aromatic rings. The second kappa shape index (κ2) is 7.37. The Balaban J connectivity index is 2.34. The van der Waals surface area contributed by atoms with E-state index in [2.05, 4.69) is 15.9 Å². The van der Waals surface area contributed by atoms with Crippen LogP contribution in [0.4, 0.5) is 0 Å². The third-order valence-corrected chi connectivity index (χ3v) is 3.31. The Morgan fingerprint density at radius 2 is 1.93 bits per heavy atom. The van der Waals surface area contributed by atoms with Crippen molar-refractivity contribution in [3.63, 3.8) is 0 Å². The van der Waals surface area contributed by atoms with E-state index in [1.807, 2.05) is 12.1 Å². The molecule has 0 saturated carbocycles. The molecule has 0 aliphatic rings. The molecule has 4 heteroatoms. The number of rotatable bonds is 6. The van der Waals surface area contributed by atoms with Crippen LogP contribution in [0.1, 0.15) is 19.3 Å². The standard InChI is InChI=1S/C11H13BrCl2O/c12-7-2-1-3-8-15-10-6-4-5-9(13)11(10)14/h4-6H,1-3,7-8H2. The van der Waals surface area contributed by atoms with Gasteiger partial charge in [0.05, 0.1) is 11.6 Å². The Bertz CT molecular complexity index is 305. The molecule has 0 amide bonds. The SMILES string of the molecule is Clc1cccc(OCCCCCBr)c1Cl. The van der Waals surface area contributed by atoms with E-state index >= 15 is 0 Å². The highest BCUT2D eigenvalue weighted by molar-refractivity contribution is 9.09. The number of halogens is 3. The monoisotopic (exact) mass is 310 g/mol. The van der Waals surface area contributed by atoms with E-state index < -0.39 is 0 Å². The van der Waals surface area contributed by atoms with E-state index in [9.17, 15) is 0 Å². The topological polar surface area (TPSA) is 9.23 Å². The van der Waals surface area contributed by atoms with Crippen LogP contribution in [0.2, 0.25) is 10.0 Å². The molecular formula is C11H13BrCl2O. The first kappa shape index (κ1) is 13.1. The van der Waals surface area contributed by atoms with Crippen molar-refractivity contribution in [1.29, 1.82) is 0 Å². The Labute approximate surface area is 109 Å². The number of ether oxygens (including phenoxy) is 1. The van der Waals surface area contributed by atoms with Crippen molar-refractivity contribution in [1.82, 2.24) is 0 Å². The molecule has 1 rings (SSSR count). The molecule has 0 saturated heterocycles. The maximum Gasteiger partial charge on any atom is 0.139 e. The fourth-order valence-corrected chi connectivity index (χ4v) is 1.89. The van der Waals surface area contributed by atoms with Crippen molar-refractivity contribution >= 4 is 39.1 Å². The van der Waals surface area contributed by atoms with Gasteiger partial charge >= 0.3 is 0 Å². The average molecular weight is 312 g/mol. The van der Waals surface area contributed by atoms with Gasteiger partial charge in [-0.25, -0.2) is 0 Å². The van der Waals surface area contributed by atoms with Crippen LogP contribution in [0, 0.1) is 0 Å². The number of unbranched alkanes of at least 4 members (excludes halogenated alkanes) is 2. The van der Waals surface area contributed by atoms with Gasteiger partial charge in [-0.05, 0) is 31.4 Å². The molecule has 0 atom stereocenters. The first-order chi connectivity index (χ1) is 7.25. The van der Waals surface area contributed by atoms with Crippen LogP contribution < -0.4 is 4.74 Å². The summed E-state index contributed by atoms with van der Waals surface area (Å²) in [5.74, 6) is 0.669. The molecule has 84 valence electrons. The van der Waals surface area contributed by atoms with Gasteiger partial charge < -0.3 is 4.74 Å². The molecule has 1 nitrogen and oxygen atoms in total. The highest BCUT2D eigenvalue weighted by Crippen LogP contribution is 2.31. The van der Waals surface area contributed by atoms with Crippen LogP contribution >= 0.6 is 39.1 Å². The molecule has 0 heterocycles. The minimum absolute atomic E-state index is 0.500. The molecular weight excluding hydrogens is 299 g/mol. The maximum absolute atomic E-state index is 5.97. The van der Waals surface area contributed by atoms with Crippen molar-refractivity contribution in [2.24, 2.45) is 0 Å². The summed E-state index contributed by atoms with van der Waals surface area (Å²) < 4.78 is 5.53. The molecule has 0 aromatic heterocycles. The third kappa shape index (κ3) is 4.62. The first-order valence-corrected chi connectivity index (χ1v) is 6.76. The lowest BCUT2D eigenvalue weighted by atomic mass is 10.3. The van der Waals surface area contributed by atoms with E-state index in [0.29, 0.717) is 22.4 Å². The van der Waals surface area contributed by atoms with Crippen molar-refractivity contribution in [2.45, 2.75) is 19.3 Å². The van der Waals surface area contributed by atoms with Gasteiger partial charge in [0.1, 0.15) is 10.8 Å². The van der Waals surface area contributed by atoms with Crippen molar-refractivity contribution in [3.05, 3.63) is 28.2 Å². The molecule has 15 heavy (non-hydrogen) atoms. The molecule has 0 fully saturated rings. The van der Waals surface area contributed by atoms with Crippen molar-refractivity contribution < 1.29 is 4.74 Å². The zero-order valence-electron chi connectivity index (χ0n) is 8.31. The summed E-state index contributed by atoms with van der Waals surface area (Å²) in [6, 6.07) is 5.42. The van der Waals surface area contributed by atoms with Gasteiger partial charge in [0, 0.05) is 5.33 Å². The quantitative estimate of drug-likeness (QED) is 0.534. The molecule has 0 radical (unpaired) electrons. The molecule has 0 aliphatic heterocycles. The van der Waals surface area contributed by atoms with E-state index in [4.69, 9.17) is 27.9 Å². The van der Waals surface area contributed by atoms with Crippen molar-refractivity contribution in [2.75, 3.05) is 11.9 Å². The van der Waals surface area contributed by atoms with Crippen LogP contribution in [0.5, 0.6) is 5.75 Å². The molecule has 0 unspecified atom stereocenters. The summed E-state index contributed by atoms with van der Waals surface area (Å²) in [5, 5.41) is 2.08. The normalized spacial score (nSPS) is 10.3. The lowest BCUT2D eigenvalue weighted by Crippen LogP contribution is -1.98. The smallest absolute Gasteiger partial charge is 0.139 e. The highest BCUT2D eigenvalue weighted by Gasteiger charge is 2.04. The van der Waals surface area contributed by atoms with Gasteiger partial charge in [0.25, 0.3) is 0 Å². The first-order valence-electron chi connectivity index (χ1n) is 4.88. The summed E-state index contributed by atoms with van der Waals surface area (Å²) in [4.78, 5) is 0. The average Bonchev–Trinajstić information content (AvgIpc) is 2.24. The molecule has 0 bridgehead atoms. The fourth-order valence-electron chi connectivity index (χ4n) is 1.15. The summed E-state index contributed by atoms with van der Waals surface area (Å²) in [6.45, 7) is 0.688. The van der Waals surface area contributed by atoms with E-state index in [-0.39, 0.29) is 0 Å². The summed E-state index contributed by atoms with van der Waals surface area (Å²) in [5.41, 5.74) is 0. The van der Waals surface area contributed by atoms with Crippen LogP contribution in [-0.2, 0) is 0 Å². The Morgan fingerprint density at radius 3 is 2.67 bits per heavy atom. The number of alkyl halides is 1. The molecule has 0 aliphatic carbocycles. The highest BCUT2D eigenvalue weighted by atomic mass is 79.9. The Morgan fingerprint density at radius 1 is 1.13 bits per heavy atom. The zero-order valence-corrected chi connectivity index (χ0v) is 11.4. The van der Waals surface area contributed by atoms with Gasteiger partial charge in [-0.2, -0.15) is 0 Å². The van der Waals surface area contributed by atoms with Crippen LogP contribution in [0.25, 0.3) is 0 Å². The lowest BCUT2D eigenvalue weighted by Gasteiger charge is -2.08. The summed E-state index contributed by atoms with van der Waals surface area (Å²) in [6.07, 6.45) is 3.37. The number of benzene rings is 1. The van der Waals surface area contributed by atoms with Gasteiger partial charge in [-0.3, -0.25) is 0 Å². The van der Waals surface area contributed by atoms with Crippen LogP contribution in [0.15, 0.2) is 18.2 Å². The molecule has 0 spiro atoms. The van der Waals surface area contributed by atoms with E-state index in [1.54, 1.807) is 6.07 Å². The Hall–Kier alpha value is 0.0800. The minimum atomic E-state index is 0.500. The van der Waals surface area contributed by atoms with Gasteiger partial charge in [0.2, 0.25) is 0 Å². The lowest BCUT2D eigenvalue weighted by molar-refractivity contribution is 0.307. The number of hydrogen-bond acceptors (Lipinski definition) is 1. The number of hydrogen-bond donors (Lipinski definition) is 0. The molecule has 1 aromatic carbocycles. The van der Waals surface area contributed by atoms with Gasteiger partial charge in [-0.15, -0.1) is 0 Å². The van der Waals surface area contributed by atoms with E-state index in [1.165, 1.54) is 6.42 Å². The minimum Gasteiger partial charge on any atom is -0.492 e. The predicted octanol–water partition coefficient (Wildman–Crippen LogP) is 4.94. The molecule has 0 N–H and O–H groups in total. The zero-order chi connectivity index (χ0) is 11.1. The van der Waals surface area contributed by atoms with Crippen molar-refractivity contribution in [3.8, 4) is 5.75 Å². The predicted molar refractivity (Wildman–Crippen MR) is 69.6 cm³/mol. The van der Waals surface area contributed by atoms with Crippen LogP contribution in [-0.4, -0.2) is 11.9 Å². The van der Waals surface area contributed by atoms with Crippen LogP contribution in [0.3, 0.4) is 0 Å². The second-order valence-electron chi connectivity index (χ2n) is 3.15. The van der Waals surface area contributed by atoms with Gasteiger partial charge in [0.15, 0.2) is 0 Å².